The average molecular weight is 271 g/mol. The minimum absolute atomic E-state index is 0.0367. The molecule has 4 nitrogen and oxygen atoms in total. The predicted octanol–water partition coefficient (Wildman–Crippen LogP) is 2.02. The molecular formula is C16H17NO3. The molecule has 20 heavy (non-hydrogen) atoms. The van der Waals surface area contributed by atoms with Gasteiger partial charge in [-0.25, -0.2) is 0 Å². The molecule has 0 fully saturated rings. The summed E-state index contributed by atoms with van der Waals surface area (Å²) in [6.07, 6.45) is 3.23. The quantitative estimate of drug-likeness (QED) is 0.596. The summed E-state index contributed by atoms with van der Waals surface area (Å²) in [7, 11) is 0. The van der Waals surface area contributed by atoms with Gasteiger partial charge in [0.15, 0.2) is 0 Å². The molecule has 0 aliphatic heterocycles. The first kappa shape index (κ1) is 14.1. The minimum atomic E-state index is -0.383. The molecule has 1 aromatic carbocycles. The van der Waals surface area contributed by atoms with Gasteiger partial charge in [-0.3, -0.25) is 9.59 Å². The lowest BCUT2D eigenvalue weighted by Crippen LogP contribution is -2.24. The van der Waals surface area contributed by atoms with E-state index in [-0.39, 0.29) is 18.1 Å². The summed E-state index contributed by atoms with van der Waals surface area (Å²) in [5, 5.41) is 0. The van der Waals surface area contributed by atoms with E-state index in [1.165, 1.54) is 16.2 Å². The van der Waals surface area contributed by atoms with Crippen LogP contribution in [0, 0.1) is 0 Å². The third-order valence-electron chi connectivity index (χ3n) is 2.91. The number of hydrogen-bond donors (Lipinski definition) is 0. The highest BCUT2D eigenvalue weighted by Crippen LogP contribution is 2.02. The largest absolute Gasteiger partial charge is 0.464 e. The zero-order valence-corrected chi connectivity index (χ0v) is 11.2. The number of benzene rings is 1. The number of hydrogen-bond acceptors (Lipinski definition) is 3. The first-order valence-corrected chi connectivity index (χ1v) is 6.61. The highest BCUT2D eigenvalue weighted by Gasteiger charge is 2.04. The molecule has 2 rings (SSSR count). The Morgan fingerprint density at radius 1 is 1.05 bits per heavy atom. The van der Waals surface area contributed by atoms with Crippen LogP contribution >= 0.6 is 0 Å². The Labute approximate surface area is 117 Å². The number of esters is 1. The lowest BCUT2D eigenvalue weighted by molar-refractivity contribution is -0.144. The van der Waals surface area contributed by atoms with Crippen molar-refractivity contribution in [2.75, 3.05) is 6.61 Å². The molecule has 0 unspecified atom stereocenters. The van der Waals surface area contributed by atoms with E-state index in [2.05, 4.69) is 0 Å². The van der Waals surface area contributed by atoms with Crippen LogP contribution in [0.1, 0.15) is 12.0 Å². The maximum atomic E-state index is 11.6. The molecule has 0 aliphatic rings. The van der Waals surface area contributed by atoms with Gasteiger partial charge in [0.2, 0.25) is 0 Å². The third-order valence-corrected chi connectivity index (χ3v) is 2.91. The summed E-state index contributed by atoms with van der Waals surface area (Å²) in [6.45, 7) is 0.334. The first-order chi connectivity index (χ1) is 9.75. The fourth-order valence-electron chi connectivity index (χ4n) is 1.88. The van der Waals surface area contributed by atoms with Gasteiger partial charge in [-0.05, 0) is 24.5 Å². The lowest BCUT2D eigenvalue weighted by atomic mass is 10.1. The van der Waals surface area contributed by atoms with E-state index in [0.717, 1.165) is 12.8 Å². The number of aryl methyl sites for hydroxylation is 1. The van der Waals surface area contributed by atoms with Gasteiger partial charge in [0.25, 0.3) is 5.56 Å². The molecule has 0 bridgehead atoms. The molecule has 0 saturated carbocycles. The molecule has 1 aromatic heterocycles. The minimum Gasteiger partial charge on any atom is -0.464 e. The molecule has 0 atom stereocenters. The lowest BCUT2D eigenvalue weighted by Gasteiger charge is -2.06. The first-order valence-electron chi connectivity index (χ1n) is 6.61. The summed E-state index contributed by atoms with van der Waals surface area (Å²) in [5.74, 6) is -0.383. The fourth-order valence-corrected chi connectivity index (χ4v) is 1.88. The van der Waals surface area contributed by atoms with Gasteiger partial charge in [-0.15, -0.1) is 0 Å². The Hall–Kier alpha value is -2.36. The number of pyridine rings is 1. The van der Waals surface area contributed by atoms with Crippen molar-refractivity contribution < 1.29 is 9.53 Å². The normalized spacial score (nSPS) is 10.2. The highest BCUT2D eigenvalue weighted by molar-refractivity contribution is 5.69. The molecular weight excluding hydrogens is 254 g/mol. The molecule has 0 aliphatic carbocycles. The predicted molar refractivity (Wildman–Crippen MR) is 76.4 cm³/mol. The molecule has 2 aromatic rings. The second kappa shape index (κ2) is 7.28. The van der Waals surface area contributed by atoms with Crippen molar-refractivity contribution in [3.05, 3.63) is 70.6 Å². The zero-order valence-electron chi connectivity index (χ0n) is 11.2. The second-order valence-corrected chi connectivity index (χ2v) is 4.48. The maximum absolute atomic E-state index is 11.6. The number of carbonyl (C=O) groups is 1. The van der Waals surface area contributed by atoms with Gasteiger partial charge in [0, 0.05) is 12.3 Å². The van der Waals surface area contributed by atoms with Crippen molar-refractivity contribution in [2.45, 2.75) is 19.4 Å². The van der Waals surface area contributed by atoms with Gasteiger partial charge in [-0.2, -0.15) is 0 Å². The Balaban J connectivity index is 1.71. The highest BCUT2D eigenvalue weighted by atomic mass is 16.5. The van der Waals surface area contributed by atoms with Crippen LogP contribution in [0.4, 0.5) is 0 Å². The average Bonchev–Trinajstić information content (AvgIpc) is 2.47. The summed E-state index contributed by atoms with van der Waals surface area (Å²) in [6, 6.07) is 14.8. The smallest absolute Gasteiger partial charge is 0.326 e. The molecule has 104 valence electrons. The monoisotopic (exact) mass is 271 g/mol. The van der Waals surface area contributed by atoms with Crippen LogP contribution in [0.3, 0.4) is 0 Å². The molecule has 0 amide bonds. The summed E-state index contributed by atoms with van der Waals surface area (Å²) >= 11 is 0. The molecule has 0 N–H and O–H groups in total. The van der Waals surface area contributed by atoms with Crippen LogP contribution in [0.15, 0.2) is 59.5 Å². The van der Waals surface area contributed by atoms with Crippen LogP contribution in [-0.2, 0) is 22.5 Å². The van der Waals surface area contributed by atoms with Gasteiger partial charge in [0.05, 0.1) is 6.61 Å². The van der Waals surface area contributed by atoms with E-state index in [9.17, 15) is 9.59 Å². The summed E-state index contributed by atoms with van der Waals surface area (Å²) in [4.78, 5) is 23.0. The van der Waals surface area contributed by atoms with E-state index in [1.54, 1.807) is 18.3 Å². The maximum Gasteiger partial charge on any atom is 0.326 e. The molecule has 0 radical (unpaired) electrons. The molecule has 0 saturated heterocycles. The summed E-state index contributed by atoms with van der Waals surface area (Å²) < 4.78 is 6.46. The molecule has 1 heterocycles. The number of rotatable bonds is 6. The Morgan fingerprint density at radius 2 is 1.80 bits per heavy atom. The van der Waals surface area contributed by atoms with Crippen LogP contribution in [0.5, 0.6) is 0 Å². The molecule has 4 heteroatoms. The van der Waals surface area contributed by atoms with Gasteiger partial charge < -0.3 is 9.30 Å². The Kier molecular flexibility index (Phi) is 5.12. The standard InChI is InChI=1S/C16H17NO3/c18-15-10-4-5-11-17(15)13-16(19)20-12-6-9-14-7-2-1-3-8-14/h1-5,7-8,10-11H,6,9,12-13H2. The Morgan fingerprint density at radius 3 is 2.55 bits per heavy atom. The van der Waals surface area contributed by atoms with Crippen LogP contribution in [0.25, 0.3) is 0 Å². The van der Waals surface area contributed by atoms with Crippen LogP contribution in [-0.4, -0.2) is 17.1 Å². The van der Waals surface area contributed by atoms with Crippen molar-refractivity contribution in [1.82, 2.24) is 4.57 Å². The zero-order chi connectivity index (χ0) is 14.2. The van der Waals surface area contributed by atoms with Crippen molar-refractivity contribution in [3.63, 3.8) is 0 Å². The fraction of sp³-hybridized carbons (Fsp3) is 0.250. The number of nitrogens with zero attached hydrogens (tertiary/aromatic N) is 1. The number of aromatic nitrogens is 1. The van der Waals surface area contributed by atoms with E-state index in [1.807, 2.05) is 30.3 Å². The van der Waals surface area contributed by atoms with Crippen molar-refractivity contribution in [1.29, 1.82) is 0 Å². The SMILES string of the molecule is O=C(Cn1ccccc1=O)OCCCc1ccccc1. The van der Waals surface area contributed by atoms with Gasteiger partial charge >= 0.3 is 5.97 Å². The van der Waals surface area contributed by atoms with Gasteiger partial charge in [-0.1, -0.05) is 36.4 Å². The van der Waals surface area contributed by atoms with E-state index >= 15 is 0 Å². The second-order valence-electron chi connectivity index (χ2n) is 4.48. The topological polar surface area (TPSA) is 48.3 Å². The van der Waals surface area contributed by atoms with Crippen molar-refractivity contribution in [3.8, 4) is 0 Å². The van der Waals surface area contributed by atoms with E-state index in [0.29, 0.717) is 6.61 Å². The molecule has 0 spiro atoms. The van der Waals surface area contributed by atoms with E-state index < -0.39 is 0 Å². The summed E-state index contributed by atoms with van der Waals surface area (Å²) in [5.41, 5.74) is 1.02. The van der Waals surface area contributed by atoms with Crippen LogP contribution in [0.2, 0.25) is 0 Å². The number of ether oxygens (including phenoxy) is 1. The number of carbonyl (C=O) groups excluding carboxylic acids is 1. The van der Waals surface area contributed by atoms with Crippen molar-refractivity contribution >= 4 is 5.97 Å². The van der Waals surface area contributed by atoms with Gasteiger partial charge in [0.1, 0.15) is 6.54 Å². The third kappa shape index (κ3) is 4.39. The van der Waals surface area contributed by atoms with Crippen LogP contribution < -0.4 is 5.56 Å². The van der Waals surface area contributed by atoms with E-state index in [4.69, 9.17) is 4.74 Å². The van der Waals surface area contributed by atoms with Crippen molar-refractivity contribution in [2.24, 2.45) is 0 Å². The Bertz CT molecular complexity index is 604.